The summed E-state index contributed by atoms with van der Waals surface area (Å²) in [6, 6.07) is 16.6. The Balaban J connectivity index is 1.67. The van der Waals surface area contributed by atoms with Crippen LogP contribution in [0.4, 0.5) is 29.1 Å². The zero-order valence-corrected chi connectivity index (χ0v) is 21.0. The van der Waals surface area contributed by atoms with Gasteiger partial charge in [0.05, 0.1) is 10.6 Å². The number of sulfonamides is 1. The number of halogens is 4. The van der Waals surface area contributed by atoms with E-state index in [1.165, 1.54) is 60.8 Å². The van der Waals surface area contributed by atoms with E-state index in [0.717, 1.165) is 10.6 Å². The summed E-state index contributed by atoms with van der Waals surface area (Å²) >= 11 is 0. The SMILES string of the molecule is O=C(OCc1cc(-c2cccc(F)c2)ccc1N(c1ccon1)S(=O)(=O)c1ccc2cnccc2c1)C(F)(F)F. The highest BCUT2D eigenvalue weighted by atomic mass is 32.2. The Hall–Kier alpha value is -4.78. The van der Waals surface area contributed by atoms with E-state index < -0.39 is 34.6 Å². The number of hydrogen-bond donors (Lipinski definition) is 0. The number of anilines is 2. The summed E-state index contributed by atoms with van der Waals surface area (Å²) in [4.78, 5) is 15.4. The highest BCUT2D eigenvalue weighted by Gasteiger charge is 2.41. The van der Waals surface area contributed by atoms with Crippen molar-refractivity contribution in [1.82, 2.24) is 10.1 Å². The molecule has 0 N–H and O–H groups in total. The van der Waals surface area contributed by atoms with Gasteiger partial charge >= 0.3 is 12.1 Å². The van der Waals surface area contributed by atoms with Crippen molar-refractivity contribution in [3.05, 3.63) is 103 Å². The first-order valence-electron chi connectivity index (χ1n) is 11.5. The monoisotopic (exact) mass is 571 g/mol. The molecule has 0 saturated carbocycles. The van der Waals surface area contributed by atoms with E-state index in [9.17, 15) is 30.8 Å². The van der Waals surface area contributed by atoms with Crippen molar-refractivity contribution >= 4 is 38.3 Å². The molecule has 0 atom stereocenters. The van der Waals surface area contributed by atoms with Crippen LogP contribution >= 0.6 is 0 Å². The summed E-state index contributed by atoms with van der Waals surface area (Å²) in [5, 5.41) is 4.98. The normalized spacial score (nSPS) is 11.9. The van der Waals surface area contributed by atoms with Crippen molar-refractivity contribution in [2.24, 2.45) is 0 Å². The van der Waals surface area contributed by atoms with Gasteiger partial charge in [-0.25, -0.2) is 21.9 Å². The number of hydrogen-bond acceptors (Lipinski definition) is 7. The number of carbonyl (C=O) groups is 1. The minimum Gasteiger partial charge on any atom is -0.454 e. The van der Waals surface area contributed by atoms with E-state index in [4.69, 9.17) is 4.52 Å². The Kier molecular flexibility index (Phi) is 6.98. The van der Waals surface area contributed by atoms with Crippen LogP contribution in [0.5, 0.6) is 0 Å². The number of alkyl halides is 3. The smallest absolute Gasteiger partial charge is 0.454 e. The highest BCUT2D eigenvalue weighted by Crippen LogP contribution is 2.37. The van der Waals surface area contributed by atoms with E-state index in [0.29, 0.717) is 21.9 Å². The van der Waals surface area contributed by atoms with Crippen LogP contribution in [0.2, 0.25) is 0 Å². The number of rotatable bonds is 7. The van der Waals surface area contributed by atoms with Crippen molar-refractivity contribution in [3.8, 4) is 11.1 Å². The van der Waals surface area contributed by atoms with E-state index in [2.05, 4.69) is 14.9 Å². The van der Waals surface area contributed by atoms with E-state index in [-0.39, 0.29) is 22.0 Å². The van der Waals surface area contributed by atoms with E-state index in [1.807, 2.05) is 0 Å². The van der Waals surface area contributed by atoms with Crippen LogP contribution in [-0.2, 0) is 26.2 Å². The van der Waals surface area contributed by atoms with Crippen LogP contribution in [0, 0.1) is 5.82 Å². The molecule has 2 aromatic heterocycles. The maximum atomic E-state index is 14.0. The van der Waals surface area contributed by atoms with E-state index in [1.54, 1.807) is 24.4 Å². The second-order valence-corrected chi connectivity index (χ2v) is 10.2. The van der Waals surface area contributed by atoms with Gasteiger partial charge in [-0.3, -0.25) is 4.98 Å². The first kappa shape index (κ1) is 26.8. The first-order valence-corrected chi connectivity index (χ1v) is 12.9. The Bertz CT molecular complexity index is 1810. The van der Waals surface area contributed by atoms with Gasteiger partial charge in [-0.1, -0.05) is 29.4 Å². The summed E-state index contributed by atoms with van der Waals surface area (Å²) in [5.41, 5.74) is 0.390. The highest BCUT2D eigenvalue weighted by molar-refractivity contribution is 7.93. The van der Waals surface area contributed by atoms with Crippen molar-refractivity contribution in [2.75, 3.05) is 4.31 Å². The Morgan fingerprint density at radius 1 is 0.950 bits per heavy atom. The molecule has 0 amide bonds. The van der Waals surface area contributed by atoms with Crippen molar-refractivity contribution in [1.29, 1.82) is 0 Å². The quantitative estimate of drug-likeness (QED) is 0.170. The van der Waals surface area contributed by atoms with Gasteiger partial charge in [-0.05, 0) is 59.0 Å². The summed E-state index contributed by atoms with van der Waals surface area (Å²) in [5.74, 6) is -3.24. The van der Waals surface area contributed by atoms with Gasteiger partial charge in [0.25, 0.3) is 10.0 Å². The molecule has 0 aliphatic carbocycles. The molecule has 0 spiro atoms. The minimum absolute atomic E-state index is 0.129. The Morgan fingerprint density at radius 2 is 1.75 bits per heavy atom. The van der Waals surface area contributed by atoms with Crippen LogP contribution in [0.15, 0.2) is 101 Å². The number of aromatic nitrogens is 2. The first-order chi connectivity index (χ1) is 19.0. The molecule has 0 unspecified atom stereocenters. The van der Waals surface area contributed by atoms with Gasteiger partial charge in [0.15, 0.2) is 5.82 Å². The number of esters is 1. The third-order valence-corrected chi connectivity index (χ3v) is 7.54. The fourth-order valence-electron chi connectivity index (χ4n) is 3.99. The molecule has 0 radical (unpaired) electrons. The summed E-state index contributed by atoms with van der Waals surface area (Å²) in [7, 11) is -4.47. The second-order valence-electron chi connectivity index (χ2n) is 8.44. The number of pyridine rings is 1. The molecule has 0 saturated heterocycles. The number of benzene rings is 3. The molecule has 8 nitrogen and oxygen atoms in total. The third kappa shape index (κ3) is 5.36. The molecule has 0 aliphatic rings. The number of carbonyl (C=O) groups excluding carboxylic acids is 1. The zero-order valence-electron chi connectivity index (χ0n) is 20.2. The van der Waals surface area contributed by atoms with Gasteiger partial charge < -0.3 is 9.26 Å². The molecule has 0 aliphatic heterocycles. The van der Waals surface area contributed by atoms with Crippen molar-refractivity contribution in [3.63, 3.8) is 0 Å². The topological polar surface area (TPSA) is 103 Å². The molecular weight excluding hydrogens is 554 g/mol. The average Bonchev–Trinajstić information content (AvgIpc) is 3.45. The maximum absolute atomic E-state index is 14.0. The molecule has 3 aromatic carbocycles. The number of fused-ring (bicyclic) bond motifs is 1. The van der Waals surface area contributed by atoms with Crippen LogP contribution in [0.25, 0.3) is 21.9 Å². The van der Waals surface area contributed by atoms with Crippen molar-refractivity contribution < 1.29 is 40.0 Å². The maximum Gasteiger partial charge on any atom is 0.490 e. The lowest BCUT2D eigenvalue weighted by Crippen LogP contribution is -2.29. The summed E-state index contributed by atoms with van der Waals surface area (Å²) in [6.45, 7) is -0.954. The zero-order chi connectivity index (χ0) is 28.5. The summed E-state index contributed by atoms with van der Waals surface area (Å²) < 4.78 is 90.8. The Labute approximate surface area is 224 Å². The van der Waals surface area contributed by atoms with Gasteiger partial charge in [0, 0.05) is 29.4 Å². The molecule has 13 heteroatoms. The molecular formula is C27H17F4N3O5S. The second kappa shape index (κ2) is 10.4. The molecule has 5 aromatic rings. The molecule has 0 bridgehead atoms. The lowest BCUT2D eigenvalue weighted by atomic mass is 10.0. The van der Waals surface area contributed by atoms with Crippen LogP contribution in [-0.4, -0.2) is 30.7 Å². The van der Waals surface area contributed by atoms with Crippen LogP contribution in [0.3, 0.4) is 0 Å². The summed E-state index contributed by atoms with van der Waals surface area (Å²) in [6.07, 6.45) is -1.11. The van der Waals surface area contributed by atoms with Crippen LogP contribution in [0.1, 0.15) is 5.56 Å². The van der Waals surface area contributed by atoms with Crippen molar-refractivity contribution in [2.45, 2.75) is 17.7 Å². The lowest BCUT2D eigenvalue weighted by molar-refractivity contribution is -0.201. The predicted octanol–water partition coefficient (Wildman–Crippen LogP) is 6.16. The van der Waals surface area contributed by atoms with Gasteiger partial charge in [0.2, 0.25) is 0 Å². The van der Waals surface area contributed by atoms with Gasteiger partial charge in [-0.15, -0.1) is 0 Å². The lowest BCUT2D eigenvalue weighted by Gasteiger charge is -2.25. The van der Waals surface area contributed by atoms with Gasteiger partial charge in [0.1, 0.15) is 18.7 Å². The fourth-order valence-corrected chi connectivity index (χ4v) is 5.49. The molecule has 5 rings (SSSR count). The molecule has 204 valence electrons. The minimum atomic E-state index is -5.28. The predicted molar refractivity (Wildman–Crippen MR) is 135 cm³/mol. The average molecular weight is 572 g/mol. The number of ether oxygens (including phenoxy) is 1. The van der Waals surface area contributed by atoms with Crippen LogP contribution < -0.4 is 4.31 Å². The van der Waals surface area contributed by atoms with E-state index >= 15 is 0 Å². The standard InChI is InChI=1S/C27H17F4N3O5S/c28-22-3-1-2-17(13-22)18-5-7-24(21(12-18)16-38-26(35)27(29,30)31)34(25-9-11-39-33-25)40(36,37)23-6-4-20-15-32-10-8-19(20)14-23/h1-15H,16H2. The molecule has 2 heterocycles. The third-order valence-electron chi connectivity index (χ3n) is 5.83. The Morgan fingerprint density at radius 3 is 2.48 bits per heavy atom. The molecule has 40 heavy (non-hydrogen) atoms. The van der Waals surface area contributed by atoms with Gasteiger partial charge in [-0.2, -0.15) is 13.2 Å². The number of nitrogens with zero attached hydrogens (tertiary/aromatic N) is 3. The molecule has 0 fully saturated rings. The largest absolute Gasteiger partial charge is 0.490 e. The fraction of sp³-hybridized carbons (Fsp3) is 0.0741.